The van der Waals surface area contributed by atoms with Crippen molar-refractivity contribution < 1.29 is 0 Å². The van der Waals surface area contributed by atoms with Crippen LogP contribution in [0.25, 0.3) is 0 Å². The fourth-order valence-corrected chi connectivity index (χ4v) is 2.57. The molecule has 2 rings (SSSR count). The number of aromatic nitrogens is 2. The average Bonchev–Trinajstić information content (AvgIpc) is 2.91. The van der Waals surface area contributed by atoms with Gasteiger partial charge < -0.3 is 15.5 Å². The molecule has 0 saturated carbocycles. The first kappa shape index (κ1) is 15.8. The Morgan fingerprint density at radius 3 is 2.76 bits per heavy atom. The van der Waals surface area contributed by atoms with Crippen LogP contribution >= 0.6 is 0 Å². The number of nitrogens with zero attached hydrogens (tertiary/aromatic N) is 4. The first-order valence-electron chi connectivity index (χ1n) is 8.01. The standard InChI is InChI=1S/C15H28N6/c1-3-16-15(18-13-14-7-8-19-20(14)2)17-9-12-21-10-5-4-6-11-21/h7-8H,3-6,9-13H2,1-2H3,(H2,16,17,18). The SMILES string of the molecule is CCNC(=NCc1ccnn1C)NCCN1CCCCC1. The van der Waals surface area contributed by atoms with Crippen molar-refractivity contribution >= 4 is 5.96 Å². The molecule has 1 aliphatic rings. The number of aliphatic imine (C=N–C) groups is 1. The second-order valence-electron chi connectivity index (χ2n) is 5.47. The third kappa shape index (κ3) is 5.38. The van der Waals surface area contributed by atoms with Gasteiger partial charge in [0.1, 0.15) is 0 Å². The van der Waals surface area contributed by atoms with Crippen LogP contribution in [0.2, 0.25) is 0 Å². The highest BCUT2D eigenvalue weighted by molar-refractivity contribution is 5.79. The highest BCUT2D eigenvalue weighted by Crippen LogP contribution is 2.07. The van der Waals surface area contributed by atoms with Crippen LogP contribution in [0.4, 0.5) is 0 Å². The number of guanidine groups is 1. The summed E-state index contributed by atoms with van der Waals surface area (Å²) in [7, 11) is 1.95. The van der Waals surface area contributed by atoms with Gasteiger partial charge in [-0.3, -0.25) is 4.68 Å². The molecule has 0 unspecified atom stereocenters. The van der Waals surface area contributed by atoms with Gasteiger partial charge in [-0.25, -0.2) is 4.99 Å². The number of rotatable bonds is 6. The minimum absolute atomic E-state index is 0.648. The molecule has 0 aliphatic carbocycles. The summed E-state index contributed by atoms with van der Waals surface area (Å²) in [6.07, 6.45) is 5.88. The zero-order valence-corrected chi connectivity index (χ0v) is 13.3. The summed E-state index contributed by atoms with van der Waals surface area (Å²) < 4.78 is 1.86. The Hall–Kier alpha value is -1.56. The van der Waals surface area contributed by atoms with E-state index in [0.29, 0.717) is 6.54 Å². The van der Waals surface area contributed by atoms with Crippen molar-refractivity contribution in [1.29, 1.82) is 0 Å². The molecule has 6 heteroatoms. The molecule has 0 radical (unpaired) electrons. The predicted molar refractivity (Wildman–Crippen MR) is 86.3 cm³/mol. The van der Waals surface area contributed by atoms with E-state index >= 15 is 0 Å². The number of nitrogens with one attached hydrogen (secondary N) is 2. The fourth-order valence-electron chi connectivity index (χ4n) is 2.57. The Bertz CT molecular complexity index is 433. The Balaban J connectivity index is 1.76. The Kier molecular flexibility index (Phi) is 6.53. The van der Waals surface area contributed by atoms with Gasteiger partial charge in [0.2, 0.25) is 0 Å². The van der Waals surface area contributed by atoms with E-state index in [1.807, 2.05) is 24.0 Å². The molecule has 0 atom stereocenters. The number of hydrogen-bond acceptors (Lipinski definition) is 3. The van der Waals surface area contributed by atoms with E-state index in [1.165, 1.54) is 32.4 Å². The van der Waals surface area contributed by atoms with Crippen LogP contribution in [0, 0.1) is 0 Å². The molecule has 2 heterocycles. The van der Waals surface area contributed by atoms with E-state index in [9.17, 15) is 0 Å². The quantitative estimate of drug-likeness (QED) is 0.606. The first-order valence-corrected chi connectivity index (χ1v) is 8.01. The second-order valence-corrected chi connectivity index (χ2v) is 5.47. The van der Waals surface area contributed by atoms with Gasteiger partial charge in [-0.2, -0.15) is 5.10 Å². The van der Waals surface area contributed by atoms with Crippen molar-refractivity contribution in [2.45, 2.75) is 32.7 Å². The summed E-state index contributed by atoms with van der Waals surface area (Å²) in [6.45, 7) is 8.13. The molecule has 0 aromatic carbocycles. The van der Waals surface area contributed by atoms with Crippen LogP contribution in [0.1, 0.15) is 31.9 Å². The zero-order valence-electron chi connectivity index (χ0n) is 13.3. The molecule has 6 nitrogen and oxygen atoms in total. The molecule has 0 spiro atoms. The minimum atomic E-state index is 0.648. The summed E-state index contributed by atoms with van der Waals surface area (Å²) in [5.74, 6) is 0.885. The van der Waals surface area contributed by atoms with Gasteiger partial charge in [-0.1, -0.05) is 6.42 Å². The zero-order chi connectivity index (χ0) is 14.9. The first-order chi connectivity index (χ1) is 10.3. The van der Waals surface area contributed by atoms with Crippen LogP contribution in [0.15, 0.2) is 17.3 Å². The van der Waals surface area contributed by atoms with Gasteiger partial charge in [0, 0.05) is 32.9 Å². The van der Waals surface area contributed by atoms with Crippen molar-refractivity contribution in [1.82, 2.24) is 25.3 Å². The largest absolute Gasteiger partial charge is 0.357 e. The van der Waals surface area contributed by atoms with Gasteiger partial charge in [-0.15, -0.1) is 0 Å². The Morgan fingerprint density at radius 2 is 2.10 bits per heavy atom. The van der Waals surface area contributed by atoms with Gasteiger partial charge in [-0.05, 0) is 38.9 Å². The molecule has 1 saturated heterocycles. The maximum atomic E-state index is 4.61. The maximum Gasteiger partial charge on any atom is 0.191 e. The normalized spacial score (nSPS) is 17.0. The second kappa shape index (κ2) is 8.67. The highest BCUT2D eigenvalue weighted by Gasteiger charge is 2.09. The molecule has 2 N–H and O–H groups in total. The lowest BCUT2D eigenvalue weighted by Crippen LogP contribution is -2.42. The summed E-state index contributed by atoms with van der Waals surface area (Å²) in [5, 5.41) is 10.9. The Morgan fingerprint density at radius 1 is 1.29 bits per heavy atom. The van der Waals surface area contributed by atoms with Crippen LogP contribution in [-0.2, 0) is 13.6 Å². The third-order valence-corrected chi connectivity index (χ3v) is 3.84. The third-order valence-electron chi connectivity index (χ3n) is 3.84. The summed E-state index contributed by atoms with van der Waals surface area (Å²) >= 11 is 0. The van der Waals surface area contributed by atoms with Crippen LogP contribution < -0.4 is 10.6 Å². The molecular weight excluding hydrogens is 264 g/mol. The van der Waals surface area contributed by atoms with Gasteiger partial charge in [0.15, 0.2) is 5.96 Å². The van der Waals surface area contributed by atoms with Gasteiger partial charge >= 0.3 is 0 Å². The molecule has 0 amide bonds. The number of hydrogen-bond donors (Lipinski definition) is 2. The smallest absolute Gasteiger partial charge is 0.191 e. The predicted octanol–water partition coefficient (Wildman–Crippen LogP) is 0.961. The summed E-state index contributed by atoms with van der Waals surface area (Å²) in [6, 6.07) is 2.00. The fraction of sp³-hybridized carbons (Fsp3) is 0.733. The topological polar surface area (TPSA) is 57.5 Å². The maximum absolute atomic E-state index is 4.61. The lowest BCUT2D eigenvalue weighted by Gasteiger charge is -2.26. The van der Waals surface area contributed by atoms with Crippen molar-refractivity contribution in [2.75, 3.05) is 32.7 Å². The van der Waals surface area contributed by atoms with Crippen molar-refractivity contribution in [3.8, 4) is 0 Å². The van der Waals surface area contributed by atoms with Crippen LogP contribution in [0.3, 0.4) is 0 Å². The van der Waals surface area contributed by atoms with E-state index in [-0.39, 0.29) is 0 Å². The number of piperidine rings is 1. The van der Waals surface area contributed by atoms with Crippen molar-refractivity contribution in [3.63, 3.8) is 0 Å². The molecule has 0 bridgehead atoms. The van der Waals surface area contributed by atoms with E-state index in [0.717, 1.165) is 31.3 Å². The molecule has 1 aromatic rings. The van der Waals surface area contributed by atoms with Crippen molar-refractivity contribution in [2.24, 2.45) is 12.0 Å². The Labute approximate surface area is 127 Å². The van der Waals surface area contributed by atoms with E-state index < -0.39 is 0 Å². The van der Waals surface area contributed by atoms with Gasteiger partial charge in [0.05, 0.1) is 12.2 Å². The summed E-state index contributed by atoms with van der Waals surface area (Å²) in [4.78, 5) is 7.14. The highest BCUT2D eigenvalue weighted by atomic mass is 15.3. The summed E-state index contributed by atoms with van der Waals surface area (Å²) in [5.41, 5.74) is 1.11. The van der Waals surface area contributed by atoms with Crippen molar-refractivity contribution in [3.05, 3.63) is 18.0 Å². The molecule has 1 aliphatic heterocycles. The van der Waals surface area contributed by atoms with E-state index in [2.05, 4.69) is 32.5 Å². The lowest BCUT2D eigenvalue weighted by molar-refractivity contribution is 0.232. The van der Waals surface area contributed by atoms with Crippen LogP contribution in [-0.4, -0.2) is 53.4 Å². The van der Waals surface area contributed by atoms with E-state index in [4.69, 9.17) is 0 Å². The van der Waals surface area contributed by atoms with Gasteiger partial charge in [0.25, 0.3) is 0 Å². The average molecular weight is 292 g/mol. The monoisotopic (exact) mass is 292 g/mol. The van der Waals surface area contributed by atoms with E-state index in [1.54, 1.807) is 0 Å². The molecular formula is C15H28N6. The molecule has 21 heavy (non-hydrogen) atoms. The number of likely N-dealkylation sites (tertiary alicyclic amines) is 1. The lowest BCUT2D eigenvalue weighted by atomic mass is 10.1. The minimum Gasteiger partial charge on any atom is -0.357 e. The molecule has 1 fully saturated rings. The molecule has 118 valence electrons. The number of aryl methyl sites for hydroxylation is 1. The molecule has 1 aromatic heterocycles. The van der Waals surface area contributed by atoms with Crippen LogP contribution in [0.5, 0.6) is 0 Å².